The molecule has 0 saturated carbocycles. The second-order valence-electron chi connectivity index (χ2n) is 8.49. The Hall–Kier alpha value is -3.25. The van der Waals surface area contributed by atoms with Gasteiger partial charge in [0.25, 0.3) is 5.91 Å². The van der Waals surface area contributed by atoms with Crippen molar-refractivity contribution in [3.8, 4) is 0 Å². The molecule has 0 aliphatic carbocycles. The van der Waals surface area contributed by atoms with E-state index in [1.807, 2.05) is 42.2 Å². The summed E-state index contributed by atoms with van der Waals surface area (Å²) in [7, 11) is 2.06. The van der Waals surface area contributed by atoms with Crippen molar-refractivity contribution in [2.75, 3.05) is 33.2 Å². The van der Waals surface area contributed by atoms with Gasteiger partial charge in [-0.25, -0.2) is 0 Å². The molecule has 6 nitrogen and oxygen atoms in total. The lowest BCUT2D eigenvalue weighted by Gasteiger charge is -2.33. The van der Waals surface area contributed by atoms with Gasteiger partial charge in [-0.05, 0) is 50.1 Å². The van der Waals surface area contributed by atoms with Crippen molar-refractivity contribution in [1.82, 2.24) is 19.4 Å². The molecule has 3 heterocycles. The number of likely N-dealkylation sites (N-methyl/N-ethyl adjacent to an activating group) is 1. The lowest BCUT2D eigenvalue weighted by molar-refractivity contribution is 0.0660. The van der Waals surface area contributed by atoms with Crippen molar-refractivity contribution in [2.24, 2.45) is 0 Å². The Morgan fingerprint density at radius 3 is 2.31 bits per heavy atom. The summed E-state index contributed by atoms with van der Waals surface area (Å²) in [5, 5.41) is 0. The molecule has 0 atom stereocenters. The highest BCUT2D eigenvalue weighted by Gasteiger charge is 2.26. The average Bonchev–Trinajstić information content (AvgIpc) is 2.81. The molecule has 3 aromatic rings. The van der Waals surface area contributed by atoms with Crippen LogP contribution in [-0.2, 0) is 19.4 Å². The Morgan fingerprint density at radius 2 is 1.62 bits per heavy atom. The van der Waals surface area contributed by atoms with Gasteiger partial charge in [0, 0.05) is 62.6 Å². The highest BCUT2D eigenvalue weighted by molar-refractivity contribution is 5.95. The van der Waals surface area contributed by atoms with E-state index in [4.69, 9.17) is 0 Å². The number of amides is 1. The molecule has 0 spiro atoms. The number of carbonyl (C=O) groups is 1. The topological polar surface area (TPSA) is 58.4 Å². The first-order valence-corrected chi connectivity index (χ1v) is 11.2. The molecule has 0 N–H and O–H groups in total. The Bertz CT molecular complexity index is 1120. The normalized spacial score (nSPS) is 14.5. The Kier molecular flexibility index (Phi) is 6.81. The molecule has 0 radical (unpaired) electrons. The van der Waals surface area contributed by atoms with Crippen molar-refractivity contribution in [1.29, 1.82) is 0 Å². The quantitative estimate of drug-likeness (QED) is 0.603. The van der Waals surface area contributed by atoms with E-state index in [-0.39, 0.29) is 11.3 Å². The maximum atomic E-state index is 13.6. The molecule has 1 aromatic carbocycles. The first-order chi connectivity index (χ1) is 15.5. The van der Waals surface area contributed by atoms with E-state index in [0.717, 1.165) is 36.5 Å². The van der Waals surface area contributed by atoms with Crippen LogP contribution in [0.5, 0.6) is 0 Å². The summed E-state index contributed by atoms with van der Waals surface area (Å²) >= 11 is 0. The van der Waals surface area contributed by atoms with Crippen LogP contribution in [0.1, 0.15) is 32.9 Å². The molecule has 6 heteroatoms. The second kappa shape index (κ2) is 9.92. The van der Waals surface area contributed by atoms with Crippen LogP contribution >= 0.6 is 0 Å². The van der Waals surface area contributed by atoms with E-state index >= 15 is 0 Å². The monoisotopic (exact) mass is 430 g/mol. The van der Waals surface area contributed by atoms with Gasteiger partial charge in [0.05, 0.1) is 0 Å². The van der Waals surface area contributed by atoms with Crippen molar-refractivity contribution in [2.45, 2.75) is 26.3 Å². The summed E-state index contributed by atoms with van der Waals surface area (Å²) in [6, 6.07) is 15.8. The number of nitrogens with zero attached hydrogens (tertiary/aromatic N) is 4. The van der Waals surface area contributed by atoms with Crippen LogP contribution < -0.4 is 5.43 Å². The third kappa shape index (κ3) is 4.97. The summed E-state index contributed by atoms with van der Waals surface area (Å²) in [5.41, 5.74) is 4.11. The Labute approximate surface area is 189 Å². The van der Waals surface area contributed by atoms with Gasteiger partial charge in [-0.3, -0.25) is 14.6 Å². The maximum Gasteiger partial charge on any atom is 0.259 e. The average molecular weight is 431 g/mol. The van der Waals surface area contributed by atoms with E-state index in [0.29, 0.717) is 31.6 Å². The number of piperazine rings is 1. The fourth-order valence-corrected chi connectivity index (χ4v) is 4.28. The number of carbonyl (C=O) groups excluding carboxylic acids is 1. The smallest absolute Gasteiger partial charge is 0.259 e. The van der Waals surface area contributed by atoms with E-state index < -0.39 is 0 Å². The van der Waals surface area contributed by atoms with E-state index in [1.54, 1.807) is 18.5 Å². The first kappa shape index (κ1) is 22.0. The lowest BCUT2D eigenvalue weighted by atomic mass is 10.0. The Morgan fingerprint density at radius 1 is 0.938 bits per heavy atom. The molecule has 2 aromatic heterocycles. The predicted molar refractivity (Wildman–Crippen MR) is 126 cm³/mol. The summed E-state index contributed by atoms with van der Waals surface area (Å²) < 4.78 is 2.13. The molecule has 32 heavy (non-hydrogen) atoms. The van der Waals surface area contributed by atoms with Crippen molar-refractivity contribution >= 4 is 5.91 Å². The molecule has 1 aliphatic rings. The molecule has 1 amide bonds. The molecule has 1 aliphatic heterocycles. The van der Waals surface area contributed by atoms with Crippen LogP contribution in [0.15, 0.2) is 65.7 Å². The standard InChI is InChI=1S/C26H30N4O2/c1-20-18-24(31)25(26(32)29-16-14-28(2)15-17-29)23(9-8-21-6-4-3-5-7-21)30(20)19-22-10-12-27-13-11-22/h3-7,10-13,18H,8-9,14-17,19H2,1-2H3. The van der Waals surface area contributed by atoms with Crippen LogP contribution in [0.4, 0.5) is 0 Å². The zero-order valence-electron chi connectivity index (χ0n) is 18.8. The van der Waals surface area contributed by atoms with Crippen LogP contribution in [0, 0.1) is 6.92 Å². The minimum Gasteiger partial charge on any atom is -0.343 e. The summed E-state index contributed by atoms with van der Waals surface area (Å²) in [4.78, 5) is 34.8. The summed E-state index contributed by atoms with van der Waals surface area (Å²) in [6.07, 6.45) is 4.93. The van der Waals surface area contributed by atoms with Gasteiger partial charge in [0.15, 0.2) is 5.43 Å². The second-order valence-corrected chi connectivity index (χ2v) is 8.49. The number of benzene rings is 1. The van der Waals surface area contributed by atoms with Gasteiger partial charge in [0.2, 0.25) is 0 Å². The van der Waals surface area contributed by atoms with Crippen LogP contribution in [0.2, 0.25) is 0 Å². The lowest BCUT2D eigenvalue weighted by Crippen LogP contribution is -2.48. The largest absolute Gasteiger partial charge is 0.343 e. The summed E-state index contributed by atoms with van der Waals surface area (Å²) in [6.45, 7) is 5.47. The number of aromatic nitrogens is 2. The van der Waals surface area contributed by atoms with Gasteiger partial charge in [-0.2, -0.15) is 0 Å². The minimum atomic E-state index is -0.180. The number of pyridine rings is 2. The van der Waals surface area contributed by atoms with Gasteiger partial charge in [-0.15, -0.1) is 0 Å². The third-order valence-electron chi connectivity index (χ3n) is 6.21. The van der Waals surface area contributed by atoms with Crippen LogP contribution in [0.25, 0.3) is 0 Å². The fourth-order valence-electron chi connectivity index (χ4n) is 4.28. The molecular weight excluding hydrogens is 400 g/mol. The highest BCUT2D eigenvalue weighted by atomic mass is 16.2. The van der Waals surface area contributed by atoms with E-state index in [1.165, 1.54) is 5.56 Å². The molecular formula is C26H30N4O2. The summed E-state index contributed by atoms with van der Waals surface area (Å²) in [5.74, 6) is -0.144. The molecule has 1 saturated heterocycles. The van der Waals surface area contributed by atoms with E-state index in [2.05, 4.69) is 33.6 Å². The molecule has 166 valence electrons. The van der Waals surface area contributed by atoms with Crippen LogP contribution in [-0.4, -0.2) is 58.5 Å². The third-order valence-corrected chi connectivity index (χ3v) is 6.21. The fraction of sp³-hybridized carbons (Fsp3) is 0.346. The zero-order valence-corrected chi connectivity index (χ0v) is 18.8. The van der Waals surface area contributed by atoms with Gasteiger partial charge >= 0.3 is 0 Å². The zero-order chi connectivity index (χ0) is 22.5. The van der Waals surface area contributed by atoms with Crippen molar-refractivity contribution in [3.05, 3.63) is 99.2 Å². The number of hydrogen-bond acceptors (Lipinski definition) is 4. The maximum absolute atomic E-state index is 13.6. The highest BCUT2D eigenvalue weighted by Crippen LogP contribution is 2.18. The number of rotatable bonds is 6. The van der Waals surface area contributed by atoms with Crippen LogP contribution in [0.3, 0.4) is 0 Å². The molecule has 4 rings (SSSR count). The van der Waals surface area contributed by atoms with Gasteiger partial charge in [-0.1, -0.05) is 30.3 Å². The number of hydrogen-bond donors (Lipinski definition) is 0. The molecule has 0 unspecified atom stereocenters. The minimum absolute atomic E-state index is 0.144. The Balaban J connectivity index is 1.75. The first-order valence-electron chi connectivity index (χ1n) is 11.2. The van der Waals surface area contributed by atoms with E-state index in [9.17, 15) is 9.59 Å². The molecule has 0 bridgehead atoms. The molecule has 1 fully saturated rings. The van der Waals surface area contributed by atoms with Gasteiger partial charge < -0.3 is 14.4 Å². The van der Waals surface area contributed by atoms with Crippen molar-refractivity contribution < 1.29 is 4.79 Å². The predicted octanol–water partition coefficient (Wildman–Crippen LogP) is 2.77. The van der Waals surface area contributed by atoms with Gasteiger partial charge in [0.1, 0.15) is 5.56 Å². The SMILES string of the molecule is Cc1cc(=O)c(C(=O)N2CCN(C)CC2)c(CCc2ccccc2)n1Cc1ccncc1. The number of aryl methyl sites for hydroxylation is 2. The van der Waals surface area contributed by atoms with Crippen molar-refractivity contribution in [3.63, 3.8) is 0 Å².